The van der Waals surface area contributed by atoms with Crippen molar-refractivity contribution in [2.45, 2.75) is 20.8 Å². The molecule has 3 nitrogen and oxygen atoms in total. The van der Waals surface area contributed by atoms with Crippen LogP contribution in [-0.2, 0) is 0 Å². The summed E-state index contributed by atoms with van der Waals surface area (Å²) in [5.74, 6) is 0.470. The van der Waals surface area contributed by atoms with E-state index in [1.807, 2.05) is 0 Å². The smallest absolute Gasteiger partial charge is 0.225 e. The maximum absolute atomic E-state index is 5.72. The first-order valence-corrected chi connectivity index (χ1v) is 5.06. The van der Waals surface area contributed by atoms with Gasteiger partial charge in [-0.3, -0.25) is 0 Å². The van der Waals surface area contributed by atoms with Gasteiger partial charge in [0.05, 0.1) is 0 Å². The molecule has 1 heterocycles. The van der Waals surface area contributed by atoms with E-state index < -0.39 is 0 Å². The summed E-state index contributed by atoms with van der Waals surface area (Å²) in [6, 6.07) is 1.51. The zero-order valence-corrected chi connectivity index (χ0v) is 9.95. The molecule has 78 valence electrons. The van der Waals surface area contributed by atoms with E-state index in [1.54, 1.807) is 0 Å². The fourth-order valence-corrected chi connectivity index (χ4v) is 1.24. The lowest BCUT2D eigenvalue weighted by molar-refractivity contribution is 0.442. The molecule has 0 aliphatic carbocycles. The van der Waals surface area contributed by atoms with Gasteiger partial charge in [0.15, 0.2) is 0 Å². The lowest BCUT2D eigenvalue weighted by atomic mass is 9.97. The molecule has 0 amide bonds. The maximum atomic E-state index is 5.72. The molecule has 5 heteroatoms. The van der Waals surface area contributed by atoms with Crippen molar-refractivity contribution in [1.29, 1.82) is 0 Å². The molecule has 0 aromatic carbocycles. The van der Waals surface area contributed by atoms with Gasteiger partial charge in [0.1, 0.15) is 10.3 Å². The molecule has 0 saturated carbocycles. The van der Waals surface area contributed by atoms with Crippen LogP contribution in [0.4, 0.5) is 5.95 Å². The number of nitrogens with zero attached hydrogens (tertiary/aromatic N) is 2. The summed E-state index contributed by atoms with van der Waals surface area (Å²) in [7, 11) is 0. The molecule has 1 aromatic heterocycles. The van der Waals surface area contributed by atoms with Gasteiger partial charge in [-0.1, -0.05) is 44.0 Å². The fraction of sp³-hybridized carbons (Fsp3) is 0.556. The van der Waals surface area contributed by atoms with E-state index in [0.29, 0.717) is 16.3 Å². The Kier molecular flexibility index (Phi) is 3.56. The topological polar surface area (TPSA) is 37.8 Å². The zero-order valence-electron chi connectivity index (χ0n) is 8.43. The minimum Gasteiger partial charge on any atom is -0.354 e. The molecule has 0 aliphatic rings. The molecule has 0 bridgehead atoms. The maximum Gasteiger partial charge on any atom is 0.225 e. The van der Waals surface area contributed by atoms with Crippen molar-refractivity contribution in [2.75, 3.05) is 11.9 Å². The van der Waals surface area contributed by atoms with Crippen molar-refractivity contribution >= 4 is 29.2 Å². The summed E-state index contributed by atoms with van der Waals surface area (Å²) >= 11 is 11.4. The Balaban J connectivity index is 2.68. The summed E-state index contributed by atoms with van der Waals surface area (Å²) in [4.78, 5) is 7.99. The molecular weight excluding hydrogens is 221 g/mol. The van der Waals surface area contributed by atoms with Crippen LogP contribution in [0.5, 0.6) is 0 Å². The third kappa shape index (κ3) is 4.11. The molecule has 0 saturated heterocycles. The van der Waals surface area contributed by atoms with Crippen LogP contribution in [0.1, 0.15) is 20.8 Å². The predicted molar refractivity (Wildman–Crippen MR) is 60.0 cm³/mol. The van der Waals surface area contributed by atoms with Crippen LogP contribution >= 0.6 is 23.2 Å². The number of halogens is 2. The summed E-state index contributed by atoms with van der Waals surface area (Å²) in [5, 5.41) is 3.77. The number of nitrogens with one attached hydrogen (secondary N) is 1. The quantitative estimate of drug-likeness (QED) is 0.798. The molecule has 0 spiro atoms. The Bertz CT molecular complexity index is 300. The van der Waals surface area contributed by atoms with Gasteiger partial charge in [0, 0.05) is 12.6 Å². The molecule has 0 fully saturated rings. The Hall–Kier alpha value is -0.540. The molecular formula is C9H13Cl2N3. The molecule has 0 unspecified atom stereocenters. The number of rotatable bonds is 2. The number of hydrogen-bond acceptors (Lipinski definition) is 3. The Morgan fingerprint density at radius 3 is 2.14 bits per heavy atom. The average Bonchev–Trinajstić information content (AvgIpc) is 1.97. The summed E-state index contributed by atoms with van der Waals surface area (Å²) in [6.45, 7) is 7.12. The van der Waals surface area contributed by atoms with Gasteiger partial charge >= 0.3 is 0 Å². The second-order valence-corrected chi connectivity index (χ2v) is 5.03. The van der Waals surface area contributed by atoms with Crippen molar-refractivity contribution in [1.82, 2.24) is 9.97 Å². The molecule has 1 aromatic rings. The highest BCUT2D eigenvalue weighted by Gasteiger charge is 2.10. The van der Waals surface area contributed by atoms with Crippen molar-refractivity contribution < 1.29 is 0 Å². The van der Waals surface area contributed by atoms with E-state index in [4.69, 9.17) is 23.2 Å². The molecule has 0 aliphatic heterocycles. The first kappa shape index (κ1) is 11.5. The summed E-state index contributed by atoms with van der Waals surface area (Å²) in [5.41, 5.74) is 0.165. The van der Waals surface area contributed by atoms with Crippen molar-refractivity contribution in [2.24, 2.45) is 5.41 Å². The third-order valence-corrected chi connectivity index (χ3v) is 1.83. The van der Waals surface area contributed by atoms with Gasteiger partial charge in [-0.05, 0) is 5.41 Å². The zero-order chi connectivity index (χ0) is 10.8. The molecule has 1 N–H and O–H groups in total. The largest absolute Gasteiger partial charge is 0.354 e. The van der Waals surface area contributed by atoms with Gasteiger partial charge in [-0.15, -0.1) is 0 Å². The lowest BCUT2D eigenvalue weighted by Crippen LogP contribution is -2.20. The fourth-order valence-electron chi connectivity index (χ4n) is 0.813. The minimum atomic E-state index is 0.165. The lowest BCUT2D eigenvalue weighted by Gasteiger charge is -2.18. The van der Waals surface area contributed by atoms with Gasteiger partial charge in [-0.25, -0.2) is 9.97 Å². The molecule has 0 radical (unpaired) electrons. The van der Waals surface area contributed by atoms with Crippen LogP contribution in [0.2, 0.25) is 10.3 Å². The van der Waals surface area contributed by atoms with Gasteiger partial charge in [0.25, 0.3) is 0 Å². The van der Waals surface area contributed by atoms with Gasteiger partial charge < -0.3 is 5.32 Å². The predicted octanol–water partition coefficient (Wildman–Crippen LogP) is 3.24. The standard InChI is InChI=1S/C9H13Cl2N3/c1-9(2,3)5-12-8-13-6(10)4-7(11)14-8/h4H,5H2,1-3H3,(H,12,13,14). The highest BCUT2D eigenvalue weighted by Crippen LogP contribution is 2.17. The van der Waals surface area contributed by atoms with Crippen LogP contribution in [0, 0.1) is 5.41 Å². The summed E-state index contributed by atoms with van der Waals surface area (Å²) in [6.07, 6.45) is 0. The Labute approximate surface area is 93.9 Å². The minimum absolute atomic E-state index is 0.165. The van der Waals surface area contributed by atoms with Crippen LogP contribution < -0.4 is 5.32 Å². The van der Waals surface area contributed by atoms with E-state index in [9.17, 15) is 0 Å². The number of hydrogen-bond donors (Lipinski definition) is 1. The Morgan fingerprint density at radius 1 is 1.21 bits per heavy atom. The van der Waals surface area contributed by atoms with E-state index >= 15 is 0 Å². The van der Waals surface area contributed by atoms with Crippen molar-refractivity contribution in [3.63, 3.8) is 0 Å². The SMILES string of the molecule is CC(C)(C)CNc1nc(Cl)cc(Cl)n1. The first-order valence-electron chi connectivity index (χ1n) is 4.31. The highest BCUT2D eigenvalue weighted by molar-refractivity contribution is 6.33. The van der Waals surface area contributed by atoms with E-state index in [-0.39, 0.29) is 5.41 Å². The summed E-state index contributed by atoms with van der Waals surface area (Å²) < 4.78 is 0. The van der Waals surface area contributed by atoms with E-state index in [0.717, 1.165) is 6.54 Å². The normalized spacial score (nSPS) is 11.5. The average molecular weight is 234 g/mol. The van der Waals surface area contributed by atoms with Crippen molar-refractivity contribution in [3.8, 4) is 0 Å². The van der Waals surface area contributed by atoms with Crippen LogP contribution in [0.15, 0.2) is 6.07 Å². The third-order valence-electron chi connectivity index (χ3n) is 1.44. The number of anilines is 1. The number of aromatic nitrogens is 2. The second kappa shape index (κ2) is 4.32. The van der Waals surface area contributed by atoms with Crippen LogP contribution in [-0.4, -0.2) is 16.5 Å². The van der Waals surface area contributed by atoms with Crippen LogP contribution in [0.3, 0.4) is 0 Å². The Morgan fingerprint density at radius 2 is 1.71 bits per heavy atom. The molecule has 1 rings (SSSR count). The van der Waals surface area contributed by atoms with E-state index in [1.165, 1.54) is 6.07 Å². The first-order chi connectivity index (χ1) is 6.37. The van der Waals surface area contributed by atoms with Crippen LogP contribution in [0.25, 0.3) is 0 Å². The van der Waals surface area contributed by atoms with Crippen molar-refractivity contribution in [3.05, 3.63) is 16.4 Å². The molecule has 14 heavy (non-hydrogen) atoms. The van der Waals surface area contributed by atoms with Gasteiger partial charge in [0.2, 0.25) is 5.95 Å². The van der Waals surface area contributed by atoms with E-state index in [2.05, 4.69) is 36.1 Å². The monoisotopic (exact) mass is 233 g/mol. The molecule has 0 atom stereocenters. The second-order valence-electron chi connectivity index (χ2n) is 4.25. The highest BCUT2D eigenvalue weighted by atomic mass is 35.5. The van der Waals surface area contributed by atoms with Gasteiger partial charge in [-0.2, -0.15) is 0 Å².